The Balaban J connectivity index is 1.68. The van der Waals surface area contributed by atoms with E-state index >= 15 is 0 Å². The van der Waals surface area contributed by atoms with Gasteiger partial charge in [-0.25, -0.2) is 4.98 Å². The predicted molar refractivity (Wildman–Crippen MR) is 118 cm³/mol. The average Bonchev–Trinajstić information content (AvgIpc) is 3.11. The molecule has 0 spiro atoms. The normalized spacial score (nSPS) is 14.3. The largest absolute Gasteiger partial charge is 0.343 e. The van der Waals surface area contributed by atoms with E-state index in [0.717, 1.165) is 29.6 Å². The molecule has 0 saturated carbocycles. The summed E-state index contributed by atoms with van der Waals surface area (Å²) in [5, 5.41) is 2.92. The summed E-state index contributed by atoms with van der Waals surface area (Å²) < 4.78 is 1.91. The molecule has 0 aliphatic carbocycles. The summed E-state index contributed by atoms with van der Waals surface area (Å²) in [6, 6.07) is 15.4. The maximum absolute atomic E-state index is 13.4. The summed E-state index contributed by atoms with van der Waals surface area (Å²) in [4.78, 5) is 32.1. The number of aromatic nitrogens is 2. The molecule has 1 aliphatic rings. The molecule has 2 aromatic carbocycles. The number of fused-ring (bicyclic) bond motifs is 2. The number of nitrogens with zero attached hydrogens (tertiary/aromatic N) is 3. The Bertz CT molecular complexity index is 1130. The molecule has 0 radical (unpaired) electrons. The van der Waals surface area contributed by atoms with Crippen LogP contribution >= 0.6 is 0 Å². The molecule has 154 valence electrons. The van der Waals surface area contributed by atoms with Crippen LogP contribution in [0.3, 0.4) is 0 Å². The van der Waals surface area contributed by atoms with E-state index in [-0.39, 0.29) is 24.4 Å². The Morgan fingerprint density at radius 2 is 1.90 bits per heavy atom. The predicted octanol–water partition coefficient (Wildman–Crippen LogP) is 3.77. The van der Waals surface area contributed by atoms with Crippen LogP contribution in [0.15, 0.2) is 60.7 Å². The van der Waals surface area contributed by atoms with Crippen LogP contribution in [0.2, 0.25) is 0 Å². The number of aryl methyl sites for hydroxylation is 1. The summed E-state index contributed by atoms with van der Waals surface area (Å²) >= 11 is 0. The van der Waals surface area contributed by atoms with Gasteiger partial charge in [0.1, 0.15) is 12.4 Å². The number of carbonyl (C=O) groups excluding carboxylic acids is 2. The fourth-order valence-electron chi connectivity index (χ4n) is 3.99. The first kappa shape index (κ1) is 19.9. The van der Waals surface area contributed by atoms with Gasteiger partial charge in [0.15, 0.2) is 0 Å². The number of benzene rings is 2. The van der Waals surface area contributed by atoms with E-state index in [2.05, 4.69) is 18.0 Å². The van der Waals surface area contributed by atoms with Crippen LogP contribution in [-0.2, 0) is 22.6 Å². The second-order valence-electron chi connectivity index (χ2n) is 7.80. The monoisotopic (exact) mass is 402 g/mol. The van der Waals surface area contributed by atoms with Crippen LogP contribution in [-0.4, -0.2) is 27.9 Å². The standard InChI is InChI=1S/C24H26N4O2/c1-16(2)24(30)25-17(3)23-26-19-11-5-7-13-21(19)28(23)15-22(29)27-14-8-10-18-9-4-6-12-20(18)27/h4-7,9,11-13,17H,1,8,10,14-15H2,2-3H3,(H,25,30). The highest BCUT2D eigenvalue weighted by atomic mass is 16.2. The third-order valence-corrected chi connectivity index (χ3v) is 5.51. The van der Waals surface area contributed by atoms with Crippen molar-refractivity contribution in [2.24, 2.45) is 0 Å². The lowest BCUT2D eigenvalue weighted by Crippen LogP contribution is -2.38. The maximum atomic E-state index is 13.4. The van der Waals surface area contributed by atoms with Crippen molar-refractivity contribution in [1.29, 1.82) is 0 Å². The maximum Gasteiger partial charge on any atom is 0.246 e. The summed E-state index contributed by atoms with van der Waals surface area (Å²) in [6.07, 6.45) is 1.94. The van der Waals surface area contributed by atoms with Gasteiger partial charge in [0.05, 0.1) is 17.1 Å². The number of amides is 2. The third kappa shape index (κ3) is 3.73. The van der Waals surface area contributed by atoms with Gasteiger partial charge >= 0.3 is 0 Å². The van der Waals surface area contributed by atoms with E-state index in [9.17, 15) is 9.59 Å². The summed E-state index contributed by atoms with van der Waals surface area (Å²) in [6.45, 7) is 8.11. The zero-order valence-corrected chi connectivity index (χ0v) is 17.4. The molecule has 3 aromatic rings. The zero-order chi connectivity index (χ0) is 21.3. The minimum atomic E-state index is -0.358. The molecule has 0 saturated heterocycles. The van der Waals surface area contributed by atoms with E-state index in [1.165, 1.54) is 5.56 Å². The van der Waals surface area contributed by atoms with E-state index in [1.54, 1.807) is 6.92 Å². The first-order valence-corrected chi connectivity index (χ1v) is 10.3. The highest BCUT2D eigenvalue weighted by molar-refractivity contribution is 5.95. The van der Waals surface area contributed by atoms with E-state index in [4.69, 9.17) is 4.98 Å². The van der Waals surface area contributed by atoms with Crippen molar-refractivity contribution in [2.75, 3.05) is 11.4 Å². The van der Waals surface area contributed by atoms with Gasteiger partial charge in [-0.05, 0) is 50.5 Å². The lowest BCUT2D eigenvalue weighted by Gasteiger charge is -2.30. The second-order valence-corrected chi connectivity index (χ2v) is 7.80. The lowest BCUT2D eigenvalue weighted by molar-refractivity contribution is -0.119. The smallest absolute Gasteiger partial charge is 0.246 e. The van der Waals surface area contributed by atoms with Gasteiger partial charge in [0.25, 0.3) is 0 Å². The van der Waals surface area contributed by atoms with Crippen LogP contribution in [0.4, 0.5) is 5.69 Å². The molecule has 0 bridgehead atoms. The third-order valence-electron chi connectivity index (χ3n) is 5.51. The van der Waals surface area contributed by atoms with Crippen molar-refractivity contribution in [3.05, 3.63) is 72.1 Å². The topological polar surface area (TPSA) is 67.2 Å². The first-order chi connectivity index (χ1) is 14.5. The zero-order valence-electron chi connectivity index (χ0n) is 17.4. The van der Waals surface area contributed by atoms with Gasteiger partial charge in [-0.3, -0.25) is 9.59 Å². The fourth-order valence-corrected chi connectivity index (χ4v) is 3.99. The Morgan fingerprint density at radius 1 is 1.17 bits per heavy atom. The number of rotatable bonds is 5. The van der Waals surface area contributed by atoms with Gasteiger partial charge in [0, 0.05) is 17.8 Å². The minimum Gasteiger partial charge on any atom is -0.343 e. The highest BCUT2D eigenvalue weighted by Gasteiger charge is 2.25. The number of para-hydroxylation sites is 3. The Kier molecular flexibility index (Phi) is 5.40. The van der Waals surface area contributed by atoms with E-state index in [1.807, 2.05) is 58.9 Å². The van der Waals surface area contributed by atoms with Gasteiger partial charge < -0.3 is 14.8 Å². The quantitative estimate of drug-likeness (QED) is 0.661. The van der Waals surface area contributed by atoms with Crippen LogP contribution in [0, 0.1) is 0 Å². The van der Waals surface area contributed by atoms with E-state index in [0.29, 0.717) is 17.9 Å². The van der Waals surface area contributed by atoms with Gasteiger partial charge in [-0.1, -0.05) is 36.9 Å². The number of nitrogens with one attached hydrogen (secondary N) is 1. The lowest BCUT2D eigenvalue weighted by atomic mass is 10.0. The Labute approximate surface area is 176 Å². The highest BCUT2D eigenvalue weighted by Crippen LogP contribution is 2.28. The molecule has 4 rings (SSSR count). The second kappa shape index (κ2) is 8.14. The van der Waals surface area contributed by atoms with Gasteiger partial charge in [-0.15, -0.1) is 0 Å². The Hall–Kier alpha value is -3.41. The number of carbonyl (C=O) groups is 2. The van der Waals surface area contributed by atoms with Crippen molar-refractivity contribution in [1.82, 2.24) is 14.9 Å². The summed E-state index contributed by atoms with van der Waals surface area (Å²) in [5.41, 5.74) is 4.31. The molecular weight excluding hydrogens is 376 g/mol. The average molecular weight is 402 g/mol. The molecule has 2 amide bonds. The van der Waals surface area contributed by atoms with E-state index < -0.39 is 0 Å². The van der Waals surface area contributed by atoms with Crippen molar-refractivity contribution in [2.45, 2.75) is 39.3 Å². The molecule has 6 nitrogen and oxygen atoms in total. The molecule has 1 N–H and O–H groups in total. The molecule has 2 heterocycles. The summed E-state index contributed by atoms with van der Waals surface area (Å²) in [5.74, 6) is 0.451. The van der Waals surface area contributed by atoms with Crippen LogP contribution < -0.4 is 10.2 Å². The summed E-state index contributed by atoms with van der Waals surface area (Å²) in [7, 11) is 0. The first-order valence-electron chi connectivity index (χ1n) is 10.3. The van der Waals surface area contributed by atoms with Crippen molar-refractivity contribution < 1.29 is 9.59 Å². The van der Waals surface area contributed by atoms with Gasteiger partial charge in [-0.2, -0.15) is 0 Å². The molecule has 1 unspecified atom stereocenters. The van der Waals surface area contributed by atoms with Crippen LogP contribution in [0.1, 0.15) is 37.7 Å². The number of anilines is 1. The number of imidazole rings is 1. The molecule has 30 heavy (non-hydrogen) atoms. The van der Waals surface area contributed by atoms with Crippen LogP contribution in [0.25, 0.3) is 11.0 Å². The molecule has 6 heteroatoms. The van der Waals surface area contributed by atoms with Crippen molar-refractivity contribution in [3.8, 4) is 0 Å². The van der Waals surface area contributed by atoms with Crippen molar-refractivity contribution >= 4 is 28.5 Å². The van der Waals surface area contributed by atoms with Crippen molar-refractivity contribution in [3.63, 3.8) is 0 Å². The number of hydrogen-bond acceptors (Lipinski definition) is 3. The van der Waals surface area contributed by atoms with Crippen LogP contribution in [0.5, 0.6) is 0 Å². The number of hydrogen-bond donors (Lipinski definition) is 1. The molecule has 0 fully saturated rings. The molecule has 1 atom stereocenters. The molecular formula is C24H26N4O2. The fraction of sp³-hybridized carbons (Fsp3) is 0.292. The molecule has 1 aliphatic heterocycles. The Morgan fingerprint density at radius 3 is 2.70 bits per heavy atom. The molecule has 1 aromatic heterocycles. The minimum absolute atomic E-state index is 0.0185. The SMILES string of the molecule is C=C(C)C(=O)NC(C)c1nc2ccccc2n1CC(=O)N1CCCc2ccccc21. The van der Waals surface area contributed by atoms with Gasteiger partial charge in [0.2, 0.25) is 11.8 Å².